The van der Waals surface area contributed by atoms with E-state index in [9.17, 15) is 0 Å². The molecule has 2 atom stereocenters. The van der Waals surface area contributed by atoms with Crippen LogP contribution in [0.1, 0.15) is 81.3 Å². The van der Waals surface area contributed by atoms with E-state index < -0.39 is 0 Å². The Bertz CT molecular complexity index is 407. The second-order valence-electron chi connectivity index (χ2n) is 6.55. The fourth-order valence-corrected chi connectivity index (χ4v) is 4.38. The van der Waals surface area contributed by atoms with Gasteiger partial charge < -0.3 is 0 Å². The number of fused-ring (bicyclic) bond motifs is 1. The molecule has 0 saturated heterocycles. The minimum atomic E-state index is 0.643. The zero-order valence-electron chi connectivity index (χ0n) is 11.1. The van der Waals surface area contributed by atoms with Gasteiger partial charge in [-0.25, -0.2) is 4.98 Å². The maximum absolute atomic E-state index is 4.85. The van der Waals surface area contributed by atoms with Crippen molar-refractivity contribution in [3.8, 4) is 0 Å². The third-order valence-electron chi connectivity index (χ3n) is 5.46. The Labute approximate surface area is 109 Å². The van der Waals surface area contributed by atoms with E-state index in [2.05, 4.69) is 10.2 Å². The molecule has 0 aliphatic heterocycles. The van der Waals surface area contributed by atoms with E-state index in [1.807, 2.05) is 0 Å². The smallest absolute Gasteiger partial charge is 0.153 e. The molecule has 0 spiro atoms. The molecular formula is C15H23N3. The SMILES string of the molecule is C1CCC(c2n[nH]c(C3C4CCCCC43)n2)CC1. The second-order valence-corrected chi connectivity index (χ2v) is 6.55. The fraction of sp³-hybridized carbons (Fsp3) is 0.867. The van der Waals surface area contributed by atoms with Gasteiger partial charge in [-0.05, 0) is 37.5 Å². The normalized spacial score (nSPS) is 36.3. The summed E-state index contributed by atoms with van der Waals surface area (Å²) in [6.45, 7) is 0. The summed E-state index contributed by atoms with van der Waals surface area (Å²) >= 11 is 0. The Kier molecular flexibility index (Phi) is 2.66. The molecule has 3 saturated carbocycles. The maximum Gasteiger partial charge on any atom is 0.153 e. The van der Waals surface area contributed by atoms with E-state index in [1.54, 1.807) is 0 Å². The van der Waals surface area contributed by atoms with Gasteiger partial charge in [-0.1, -0.05) is 32.1 Å². The molecule has 1 N–H and O–H groups in total. The van der Waals surface area contributed by atoms with Gasteiger partial charge in [-0.3, -0.25) is 5.10 Å². The Balaban J connectivity index is 1.48. The number of nitrogens with zero attached hydrogens (tertiary/aromatic N) is 2. The average Bonchev–Trinajstić information content (AvgIpc) is 2.97. The predicted molar refractivity (Wildman–Crippen MR) is 70.4 cm³/mol. The van der Waals surface area contributed by atoms with Crippen molar-refractivity contribution in [2.45, 2.75) is 69.6 Å². The predicted octanol–water partition coefficient (Wildman–Crippen LogP) is 3.76. The van der Waals surface area contributed by atoms with Crippen LogP contribution >= 0.6 is 0 Å². The third-order valence-corrected chi connectivity index (χ3v) is 5.46. The lowest BCUT2D eigenvalue weighted by molar-refractivity contribution is 0.429. The van der Waals surface area contributed by atoms with Crippen LogP contribution in [0.3, 0.4) is 0 Å². The van der Waals surface area contributed by atoms with Gasteiger partial charge >= 0.3 is 0 Å². The topological polar surface area (TPSA) is 41.6 Å². The molecule has 0 amide bonds. The van der Waals surface area contributed by atoms with E-state index in [4.69, 9.17) is 4.98 Å². The minimum absolute atomic E-state index is 0.643. The highest BCUT2D eigenvalue weighted by Gasteiger charge is 2.53. The lowest BCUT2D eigenvalue weighted by atomic mass is 9.89. The highest BCUT2D eigenvalue weighted by Crippen LogP contribution is 2.60. The summed E-state index contributed by atoms with van der Waals surface area (Å²) in [5.74, 6) is 5.58. The summed E-state index contributed by atoms with van der Waals surface area (Å²) < 4.78 is 0. The van der Waals surface area contributed by atoms with E-state index in [0.717, 1.165) is 23.6 Å². The zero-order valence-corrected chi connectivity index (χ0v) is 11.1. The third kappa shape index (κ3) is 1.79. The fourth-order valence-electron chi connectivity index (χ4n) is 4.38. The van der Waals surface area contributed by atoms with Crippen LogP contribution in [0.2, 0.25) is 0 Å². The second kappa shape index (κ2) is 4.36. The lowest BCUT2D eigenvalue weighted by Gasteiger charge is -2.18. The minimum Gasteiger partial charge on any atom is -0.263 e. The van der Waals surface area contributed by atoms with Crippen molar-refractivity contribution >= 4 is 0 Å². The van der Waals surface area contributed by atoms with E-state index in [-0.39, 0.29) is 0 Å². The summed E-state index contributed by atoms with van der Waals surface area (Å²) in [6, 6.07) is 0. The molecule has 3 nitrogen and oxygen atoms in total. The molecule has 0 bridgehead atoms. The van der Waals surface area contributed by atoms with Crippen molar-refractivity contribution in [3.05, 3.63) is 11.6 Å². The zero-order chi connectivity index (χ0) is 11.9. The number of hydrogen-bond acceptors (Lipinski definition) is 2. The van der Waals surface area contributed by atoms with Crippen LogP contribution in [0, 0.1) is 11.8 Å². The molecule has 1 aromatic rings. The van der Waals surface area contributed by atoms with Crippen molar-refractivity contribution < 1.29 is 0 Å². The Morgan fingerprint density at radius 2 is 1.50 bits per heavy atom. The summed E-state index contributed by atoms with van der Waals surface area (Å²) in [5.41, 5.74) is 0. The molecule has 18 heavy (non-hydrogen) atoms. The molecule has 1 heterocycles. The molecule has 3 aliphatic rings. The van der Waals surface area contributed by atoms with Crippen LogP contribution in [0.4, 0.5) is 0 Å². The Hall–Kier alpha value is -0.860. The van der Waals surface area contributed by atoms with Gasteiger partial charge in [0.15, 0.2) is 5.82 Å². The van der Waals surface area contributed by atoms with Crippen molar-refractivity contribution in [3.63, 3.8) is 0 Å². The van der Waals surface area contributed by atoms with Crippen molar-refractivity contribution in [1.82, 2.24) is 15.2 Å². The van der Waals surface area contributed by atoms with Crippen molar-refractivity contribution in [1.29, 1.82) is 0 Å². The van der Waals surface area contributed by atoms with Gasteiger partial charge in [0.25, 0.3) is 0 Å². The van der Waals surface area contributed by atoms with Gasteiger partial charge in [-0.2, -0.15) is 5.10 Å². The first-order valence-electron chi connectivity index (χ1n) is 7.85. The van der Waals surface area contributed by atoms with Gasteiger partial charge in [0.2, 0.25) is 0 Å². The molecule has 1 aromatic heterocycles. The first-order chi connectivity index (χ1) is 8.93. The van der Waals surface area contributed by atoms with E-state index in [0.29, 0.717) is 5.92 Å². The van der Waals surface area contributed by atoms with Crippen LogP contribution in [0.15, 0.2) is 0 Å². The first-order valence-corrected chi connectivity index (χ1v) is 7.85. The monoisotopic (exact) mass is 245 g/mol. The number of aromatic amines is 1. The van der Waals surface area contributed by atoms with Crippen molar-refractivity contribution in [2.75, 3.05) is 0 Å². The van der Waals surface area contributed by atoms with Crippen LogP contribution in [-0.4, -0.2) is 15.2 Å². The lowest BCUT2D eigenvalue weighted by Crippen LogP contribution is -2.06. The van der Waals surface area contributed by atoms with E-state index in [1.165, 1.54) is 63.6 Å². The van der Waals surface area contributed by atoms with Crippen molar-refractivity contribution in [2.24, 2.45) is 11.8 Å². The highest BCUT2D eigenvalue weighted by molar-refractivity contribution is 5.17. The molecule has 0 radical (unpaired) electrons. The molecule has 3 heteroatoms. The highest BCUT2D eigenvalue weighted by atomic mass is 15.2. The quantitative estimate of drug-likeness (QED) is 0.862. The summed E-state index contributed by atoms with van der Waals surface area (Å²) in [7, 11) is 0. The molecule has 3 aliphatic carbocycles. The van der Waals surface area contributed by atoms with Gasteiger partial charge in [0, 0.05) is 11.8 Å². The number of rotatable bonds is 2. The number of nitrogens with one attached hydrogen (secondary N) is 1. The summed E-state index contributed by atoms with van der Waals surface area (Å²) in [6.07, 6.45) is 12.4. The Morgan fingerprint density at radius 1 is 0.833 bits per heavy atom. The maximum atomic E-state index is 4.85. The molecule has 0 aromatic carbocycles. The van der Waals surface area contributed by atoms with E-state index >= 15 is 0 Å². The number of H-pyrrole nitrogens is 1. The average molecular weight is 245 g/mol. The van der Waals surface area contributed by atoms with Crippen LogP contribution in [0.5, 0.6) is 0 Å². The molecule has 2 unspecified atom stereocenters. The summed E-state index contributed by atoms with van der Waals surface area (Å²) in [4.78, 5) is 4.85. The number of aromatic nitrogens is 3. The van der Waals surface area contributed by atoms with Crippen LogP contribution in [-0.2, 0) is 0 Å². The molecule has 4 rings (SSSR count). The molecule has 98 valence electrons. The summed E-state index contributed by atoms with van der Waals surface area (Å²) in [5, 5.41) is 7.78. The van der Waals surface area contributed by atoms with Crippen LogP contribution < -0.4 is 0 Å². The van der Waals surface area contributed by atoms with Crippen LogP contribution in [0.25, 0.3) is 0 Å². The van der Waals surface area contributed by atoms with Gasteiger partial charge in [-0.15, -0.1) is 0 Å². The molecular weight excluding hydrogens is 222 g/mol. The molecule has 3 fully saturated rings. The van der Waals surface area contributed by atoms with Gasteiger partial charge in [0.05, 0.1) is 0 Å². The van der Waals surface area contributed by atoms with Gasteiger partial charge in [0.1, 0.15) is 5.82 Å². The number of hydrogen-bond donors (Lipinski definition) is 1. The largest absolute Gasteiger partial charge is 0.263 e. The standard InChI is InChI=1S/C15H23N3/c1-2-6-10(7-3-1)14-16-15(18-17-14)13-11-8-4-5-9-12(11)13/h10-13H,1-9H2,(H,16,17,18). The first kappa shape index (κ1) is 11.0. The Morgan fingerprint density at radius 3 is 2.22 bits per heavy atom.